The van der Waals surface area contributed by atoms with Crippen LogP contribution < -0.4 is 5.32 Å². The molecular weight excluding hydrogens is 386 g/mol. The summed E-state index contributed by atoms with van der Waals surface area (Å²) in [6.45, 7) is 4.05. The van der Waals surface area contributed by atoms with Crippen molar-refractivity contribution in [2.45, 2.75) is 45.4 Å². The molecule has 1 aliphatic heterocycles. The van der Waals surface area contributed by atoms with Gasteiger partial charge in [-0.05, 0) is 42.4 Å². The largest absolute Gasteiger partial charge is 0.466 e. The van der Waals surface area contributed by atoms with Crippen LogP contribution in [0.15, 0.2) is 77.1 Å². The van der Waals surface area contributed by atoms with Gasteiger partial charge in [-0.1, -0.05) is 67.9 Å². The number of allylic oxidation sites excluding steroid dienone is 3. The number of dihydropyridines is 1. The third-order valence-corrected chi connectivity index (χ3v) is 6.37. The zero-order chi connectivity index (χ0) is 22.0. The van der Waals surface area contributed by atoms with Crippen LogP contribution in [0.3, 0.4) is 0 Å². The molecule has 0 aromatic heterocycles. The molecular formula is C27H29NO3. The van der Waals surface area contributed by atoms with Gasteiger partial charge in [-0.3, -0.25) is 4.79 Å². The Morgan fingerprint density at radius 3 is 2.35 bits per heavy atom. The van der Waals surface area contributed by atoms with Crippen LogP contribution in [-0.2, 0) is 14.3 Å². The topological polar surface area (TPSA) is 55.4 Å². The Labute approximate surface area is 184 Å². The van der Waals surface area contributed by atoms with E-state index in [1.807, 2.05) is 37.3 Å². The van der Waals surface area contributed by atoms with Gasteiger partial charge < -0.3 is 10.1 Å². The Bertz CT molecular complexity index is 1050. The van der Waals surface area contributed by atoms with Gasteiger partial charge in [-0.2, -0.15) is 0 Å². The lowest BCUT2D eigenvalue weighted by atomic mass is 9.72. The average Bonchev–Trinajstić information content (AvgIpc) is 2.78. The number of carbonyl (C=O) groups excluding carboxylic acids is 2. The van der Waals surface area contributed by atoms with E-state index in [2.05, 4.69) is 36.5 Å². The second-order valence-electron chi connectivity index (χ2n) is 8.45. The van der Waals surface area contributed by atoms with Gasteiger partial charge in [0.1, 0.15) is 0 Å². The molecule has 4 heteroatoms. The number of ketones is 1. The highest BCUT2D eigenvalue weighted by molar-refractivity contribution is 6.04. The first kappa shape index (κ1) is 21.1. The molecule has 0 saturated carbocycles. The number of esters is 1. The smallest absolute Gasteiger partial charge is 0.336 e. The fourth-order valence-corrected chi connectivity index (χ4v) is 4.94. The maximum absolute atomic E-state index is 13.3. The van der Waals surface area contributed by atoms with E-state index in [1.165, 1.54) is 7.11 Å². The molecule has 1 N–H and O–H groups in total. The molecule has 1 aliphatic carbocycles. The Balaban J connectivity index is 1.78. The highest BCUT2D eigenvalue weighted by atomic mass is 16.5. The fraction of sp³-hybridized carbons (Fsp3) is 0.333. The average molecular weight is 416 g/mol. The quantitative estimate of drug-likeness (QED) is 0.653. The Hall–Kier alpha value is -3.14. The van der Waals surface area contributed by atoms with Gasteiger partial charge in [0.2, 0.25) is 0 Å². The standard InChI is InChI=1S/C27H29NO3/c1-4-8-18-15-22-26(23(29)16-18)25(24(17(2)28-22)27(30)31-3)21-13-11-20(12-14-21)19-9-6-5-7-10-19/h5-7,9-14,18,25,28H,4,8,15-16H2,1-3H3/t18?,25-/m1/s1. The summed E-state index contributed by atoms with van der Waals surface area (Å²) in [5.41, 5.74) is 6.17. The third-order valence-electron chi connectivity index (χ3n) is 6.37. The third kappa shape index (κ3) is 4.07. The minimum atomic E-state index is -0.399. The van der Waals surface area contributed by atoms with Crippen LogP contribution in [0.25, 0.3) is 11.1 Å². The molecule has 2 atom stereocenters. The minimum Gasteiger partial charge on any atom is -0.466 e. The first-order chi connectivity index (χ1) is 15.0. The lowest BCUT2D eigenvalue weighted by molar-refractivity contribution is -0.136. The number of hydrogen-bond donors (Lipinski definition) is 1. The van der Waals surface area contributed by atoms with E-state index in [0.29, 0.717) is 17.9 Å². The van der Waals surface area contributed by atoms with E-state index < -0.39 is 11.9 Å². The molecule has 0 bridgehead atoms. The fourth-order valence-electron chi connectivity index (χ4n) is 4.94. The highest BCUT2D eigenvalue weighted by Crippen LogP contribution is 2.44. The van der Waals surface area contributed by atoms with Crippen molar-refractivity contribution in [1.29, 1.82) is 0 Å². The number of hydrogen-bond acceptors (Lipinski definition) is 4. The molecule has 4 rings (SSSR count). The van der Waals surface area contributed by atoms with E-state index in [9.17, 15) is 9.59 Å². The van der Waals surface area contributed by atoms with E-state index in [4.69, 9.17) is 4.74 Å². The Kier molecular flexibility index (Phi) is 6.08. The van der Waals surface area contributed by atoms with Gasteiger partial charge in [-0.25, -0.2) is 4.79 Å². The molecule has 0 fully saturated rings. The van der Waals surface area contributed by atoms with E-state index in [1.54, 1.807) is 0 Å². The van der Waals surface area contributed by atoms with E-state index in [0.717, 1.165) is 52.9 Å². The van der Waals surface area contributed by atoms with Crippen molar-refractivity contribution in [3.63, 3.8) is 0 Å². The second-order valence-corrected chi connectivity index (χ2v) is 8.45. The van der Waals surface area contributed by atoms with Crippen molar-refractivity contribution < 1.29 is 14.3 Å². The van der Waals surface area contributed by atoms with Crippen molar-refractivity contribution in [3.8, 4) is 11.1 Å². The van der Waals surface area contributed by atoms with Crippen LogP contribution in [0.2, 0.25) is 0 Å². The summed E-state index contributed by atoms with van der Waals surface area (Å²) in [5, 5.41) is 3.38. The summed E-state index contributed by atoms with van der Waals surface area (Å²) in [4.78, 5) is 26.0. The van der Waals surface area contributed by atoms with Crippen LogP contribution in [-0.4, -0.2) is 18.9 Å². The van der Waals surface area contributed by atoms with Gasteiger partial charge >= 0.3 is 5.97 Å². The van der Waals surface area contributed by atoms with Crippen molar-refractivity contribution in [3.05, 3.63) is 82.7 Å². The molecule has 0 saturated heterocycles. The van der Waals surface area contributed by atoms with Crippen LogP contribution >= 0.6 is 0 Å². The molecule has 4 nitrogen and oxygen atoms in total. The Morgan fingerprint density at radius 2 is 1.71 bits per heavy atom. The molecule has 160 valence electrons. The number of methoxy groups -OCH3 is 1. The summed E-state index contributed by atoms with van der Waals surface area (Å²) in [7, 11) is 1.39. The van der Waals surface area contributed by atoms with Crippen molar-refractivity contribution in [2.75, 3.05) is 7.11 Å². The summed E-state index contributed by atoms with van der Waals surface area (Å²) >= 11 is 0. The van der Waals surface area contributed by atoms with Crippen molar-refractivity contribution in [1.82, 2.24) is 5.32 Å². The number of carbonyl (C=O) groups is 2. The number of Topliss-reactive ketones (excluding diaryl/α,β-unsaturated/α-hetero) is 1. The number of nitrogens with one attached hydrogen (secondary N) is 1. The van der Waals surface area contributed by atoms with Crippen molar-refractivity contribution >= 4 is 11.8 Å². The zero-order valence-electron chi connectivity index (χ0n) is 18.4. The van der Waals surface area contributed by atoms with Crippen molar-refractivity contribution in [2.24, 2.45) is 5.92 Å². The van der Waals surface area contributed by atoms with Crippen LogP contribution in [0.1, 0.15) is 51.0 Å². The summed E-state index contributed by atoms with van der Waals surface area (Å²) in [5.74, 6) is -0.295. The second kappa shape index (κ2) is 8.93. The molecule has 0 radical (unpaired) electrons. The lowest BCUT2D eigenvalue weighted by Gasteiger charge is -2.36. The maximum atomic E-state index is 13.3. The first-order valence-corrected chi connectivity index (χ1v) is 11.0. The molecule has 31 heavy (non-hydrogen) atoms. The molecule has 2 aliphatic rings. The zero-order valence-corrected chi connectivity index (χ0v) is 18.4. The van der Waals surface area contributed by atoms with E-state index in [-0.39, 0.29) is 5.78 Å². The molecule has 2 aromatic carbocycles. The normalized spacial score (nSPS) is 20.9. The summed E-state index contributed by atoms with van der Waals surface area (Å²) < 4.78 is 5.11. The first-order valence-electron chi connectivity index (χ1n) is 11.0. The molecule has 1 heterocycles. The highest BCUT2D eigenvalue weighted by Gasteiger charge is 2.40. The summed E-state index contributed by atoms with van der Waals surface area (Å²) in [6.07, 6.45) is 3.49. The van der Waals surface area contributed by atoms with Gasteiger partial charge in [0.15, 0.2) is 5.78 Å². The molecule has 1 unspecified atom stereocenters. The monoisotopic (exact) mass is 415 g/mol. The van der Waals surface area contributed by atoms with Gasteiger partial charge in [0.25, 0.3) is 0 Å². The molecule has 0 amide bonds. The minimum absolute atomic E-state index is 0.137. The van der Waals surface area contributed by atoms with Crippen LogP contribution in [0, 0.1) is 5.92 Å². The van der Waals surface area contributed by atoms with Gasteiger partial charge in [-0.15, -0.1) is 0 Å². The van der Waals surface area contributed by atoms with Gasteiger partial charge in [0, 0.05) is 29.3 Å². The SMILES string of the molecule is CCCC1CC(=O)C2=C(C1)NC(C)=C(C(=O)OC)[C@H]2c1ccc(-c2ccccc2)cc1. The number of ether oxygens (including phenoxy) is 1. The van der Waals surface area contributed by atoms with Gasteiger partial charge in [0.05, 0.1) is 12.7 Å². The lowest BCUT2D eigenvalue weighted by Crippen LogP contribution is -2.36. The summed E-state index contributed by atoms with van der Waals surface area (Å²) in [6, 6.07) is 18.4. The maximum Gasteiger partial charge on any atom is 0.336 e. The predicted octanol–water partition coefficient (Wildman–Crippen LogP) is 5.52. The predicted molar refractivity (Wildman–Crippen MR) is 122 cm³/mol. The molecule has 2 aromatic rings. The van der Waals surface area contributed by atoms with Crippen LogP contribution in [0.4, 0.5) is 0 Å². The Morgan fingerprint density at radius 1 is 1.03 bits per heavy atom. The van der Waals surface area contributed by atoms with Crippen LogP contribution in [0.5, 0.6) is 0 Å². The number of rotatable bonds is 5. The number of benzene rings is 2. The molecule has 0 spiro atoms. The van der Waals surface area contributed by atoms with E-state index >= 15 is 0 Å².